The summed E-state index contributed by atoms with van der Waals surface area (Å²) in [6.45, 7) is 9.96. The molecule has 328 valence electrons. The van der Waals surface area contributed by atoms with Crippen LogP contribution in [0.1, 0.15) is 80.8 Å². The number of benzene rings is 3. The van der Waals surface area contributed by atoms with Crippen LogP contribution in [0.4, 0.5) is 29.6 Å². The number of aromatic nitrogens is 8. The SMILES string of the molecule is Cn1cc2c(CCCNC(=O)OC(C)(C)C)c(Nc3nc(=O)n(Cc4ncn(CCc5cccc(C(=O)OC(C)(C)C)c5)n4)c(=O)n3Cc3cc(F)c(F)cc3F)c(Cl)cc2n1. The topological polar surface area (TPSA) is 182 Å². The summed E-state index contributed by atoms with van der Waals surface area (Å²) in [5.41, 5.74) is -1.25. The van der Waals surface area contributed by atoms with Crippen LogP contribution in [-0.2, 0) is 49.0 Å². The molecule has 20 heteroatoms. The van der Waals surface area contributed by atoms with Crippen LogP contribution in [0.5, 0.6) is 0 Å². The molecule has 16 nitrogen and oxygen atoms in total. The Morgan fingerprint density at radius 2 is 1.60 bits per heavy atom. The van der Waals surface area contributed by atoms with Crippen molar-refractivity contribution in [2.45, 2.75) is 91.6 Å². The van der Waals surface area contributed by atoms with Crippen molar-refractivity contribution in [3.8, 4) is 0 Å². The summed E-state index contributed by atoms with van der Waals surface area (Å²) >= 11 is 6.82. The van der Waals surface area contributed by atoms with E-state index in [-0.39, 0.29) is 29.0 Å². The van der Waals surface area contributed by atoms with Crippen molar-refractivity contribution in [3.05, 3.63) is 127 Å². The number of amides is 1. The van der Waals surface area contributed by atoms with Crippen molar-refractivity contribution >= 4 is 46.2 Å². The monoisotopic (exact) mass is 878 g/mol. The van der Waals surface area contributed by atoms with Crippen LogP contribution in [0.2, 0.25) is 5.02 Å². The van der Waals surface area contributed by atoms with Crippen LogP contribution >= 0.6 is 11.6 Å². The number of nitrogens with zero attached hydrogens (tertiary/aromatic N) is 8. The highest BCUT2D eigenvalue weighted by molar-refractivity contribution is 6.34. The molecule has 0 saturated carbocycles. The summed E-state index contributed by atoms with van der Waals surface area (Å²) in [6, 6.07) is 9.51. The Bertz CT molecular complexity index is 2770. The van der Waals surface area contributed by atoms with Crippen LogP contribution in [0, 0.1) is 17.5 Å². The van der Waals surface area contributed by atoms with Crippen LogP contribution in [0.25, 0.3) is 10.9 Å². The van der Waals surface area contributed by atoms with Crippen molar-refractivity contribution in [2.75, 3.05) is 11.9 Å². The second-order valence-electron chi connectivity index (χ2n) is 16.5. The molecule has 0 aliphatic rings. The minimum Gasteiger partial charge on any atom is -0.456 e. The number of hydrogen-bond acceptors (Lipinski definition) is 11. The van der Waals surface area contributed by atoms with Gasteiger partial charge in [0.25, 0.3) is 0 Å². The van der Waals surface area contributed by atoms with Crippen LogP contribution in [-0.4, -0.2) is 68.5 Å². The third-order valence-corrected chi connectivity index (χ3v) is 9.44. The minimum absolute atomic E-state index is 0.0622. The van der Waals surface area contributed by atoms with Gasteiger partial charge in [-0.3, -0.25) is 13.9 Å². The molecule has 2 N–H and O–H groups in total. The van der Waals surface area contributed by atoms with E-state index in [9.17, 15) is 28.0 Å². The number of fused-ring (bicyclic) bond motifs is 1. The summed E-state index contributed by atoms with van der Waals surface area (Å²) < 4.78 is 59.1. The maximum Gasteiger partial charge on any atom is 0.407 e. The third-order valence-electron chi connectivity index (χ3n) is 9.14. The second-order valence-corrected chi connectivity index (χ2v) is 16.9. The van der Waals surface area contributed by atoms with E-state index in [0.717, 1.165) is 14.7 Å². The Hall–Kier alpha value is -6.50. The first kappa shape index (κ1) is 45.0. The molecular weight excluding hydrogens is 833 g/mol. The second kappa shape index (κ2) is 18.2. The summed E-state index contributed by atoms with van der Waals surface area (Å²) in [7, 11) is 1.72. The van der Waals surface area contributed by atoms with Crippen molar-refractivity contribution in [1.29, 1.82) is 0 Å². The summed E-state index contributed by atoms with van der Waals surface area (Å²) in [4.78, 5) is 61.3. The highest BCUT2D eigenvalue weighted by atomic mass is 35.5. The zero-order valence-corrected chi connectivity index (χ0v) is 35.9. The Morgan fingerprint density at radius 1 is 0.871 bits per heavy atom. The number of aryl methyl sites for hydroxylation is 4. The van der Waals surface area contributed by atoms with E-state index < -0.39 is 70.7 Å². The van der Waals surface area contributed by atoms with Crippen molar-refractivity contribution in [3.63, 3.8) is 0 Å². The van der Waals surface area contributed by atoms with E-state index in [0.29, 0.717) is 60.0 Å². The Balaban J connectivity index is 1.31. The molecule has 6 rings (SSSR count). The fourth-order valence-electron chi connectivity index (χ4n) is 6.44. The molecule has 0 aliphatic heterocycles. The number of carbonyl (C=O) groups is 2. The zero-order valence-electron chi connectivity index (χ0n) is 35.2. The molecule has 0 spiro atoms. The number of ether oxygens (including phenoxy) is 2. The van der Waals surface area contributed by atoms with Gasteiger partial charge < -0.3 is 20.1 Å². The molecule has 0 saturated heterocycles. The predicted molar refractivity (Wildman–Crippen MR) is 224 cm³/mol. The molecule has 6 aromatic rings. The largest absolute Gasteiger partial charge is 0.456 e. The average molecular weight is 879 g/mol. The molecule has 0 fully saturated rings. The van der Waals surface area contributed by atoms with E-state index in [1.54, 1.807) is 83.7 Å². The van der Waals surface area contributed by atoms with E-state index in [1.807, 2.05) is 6.07 Å². The fourth-order valence-corrected chi connectivity index (χ4v) is 6.70. The lowest BCUT2D eigenvalue weighted by molar-refractivity contribution is 0.00690. The average Bonchev–Trinajstić information content (AvgIpc) is 3.79. The maximum absolute atomic E-state index is 15.1. The third kappa shape index (κ3) is 11.2. The lowest BCUT2D eigenvalue weighted by Crippen LogP contribution is -2.43. The van der Waals surface area contributed by atoms with Crippen molar-refractivity contribution in [1.82, 2.24) is 44.0 Å². The number of alkyl carbamates (subject to hydrolysis) is 1. The van der Waals surface area contributed by atoms with Gasteiger partial charge in [-0.15, -0.1) is 0 Å². The smallest absolute Gasteiger partial charge is 0.407 e. The van der Waals surface area contributed by atoms with Gasteiger partial charge in [0.05, 0.1) is 34.9 Å². The first-order valence-corrected chi connectivity index (χ1v) is 20.0. The maximum atomic E-state index is 15.1. The van der Waals surface area contributed by atoms with E-state index in [2.05, 4.69) is 30.8 Å². The van der Waals surface area contributed by atoms with E-state index >= 15 is 4.39 Å². The molecule has 0 atom stereocenters. The predicted octanol–water partition coefficient (Wildman–Crippen LogP) is 6.45. The number of nitrogens with one attached hydrogen (secondary N) is 2. The highest BCUT2D eigenvalue weighted by Crippen LogP contribution is 2.36. The van der Waals surface area contributed by atoms with Crippen molar-refractivity contribution in [2.24, 2.45) is 7.05 Å². The molecule has 3 aromatic heterocycles. The lowest BCUT2D eigenvalue weighted by Gasteiger charge is -2.20. The lowest BCUT2D eigenvalue weighted by atomic mass is 10.0. The number of halogens is 4. The molecule has 0 radical (unpaired) electrons. The molecule has 0 unspecified atom stereocenters. The number of esters is 1. The quantitative estimate of drug-likeness (QED) is 0.0697. The van der Waals surface area contributed by atoms with Gasteiger partial charge in [-0.2, -0.15) is 15.2 Å². The van der Waals surface area contributed by atoms with Gasteiger partial charge >= 0.3 is 23.4 Å². The molecule has 3 aromatic carbocycles. The first-order valence-electron chi connectivity index (χ1n) is 19.6. The van der Waals surface area contributed by atoms with Gasteiger partial charge in [0.1, 0.15) is 23.3 Å². The van der Waals surface area contributed by atoms with E-state index in [4.69, 9.17) is 21.1 Å². The molecule has 3 heterocycles. The Kier molecular flexibility index (Phi) is 13.2. The Labute approximate surface area is 358 Å². The zero-order chi connectivity index (χ0) is 45.1. The van der Waals surface area contributed by atoms with Crippen LogP contribution in [0.3, 0.4) is 0 Å². The number of hydrogen-bond donors (Lipinski definition) is 2. The van der Waals surface area contributed by atoms with Gasteiger partial charge in [-0.05, 0) is 96.2 Å². The normalized spacial score (nSPS) is 11.9. The molecule has 1 amide bonds. The van der Waals surface area contributed by atoms with Gasteiger partial charge in [0.2, 0.25) is 5.95 Å². The number of anilines is 2. The van der Waals surface area contributed by atoms with Crippen LogP contribution < -0.4 is 22.0 Å². The van der Waals surface area contributed by atoms with Gasteiger partial charge in [-0.25, -0.2) is 41.9 Å². The van der Waals surface area contributed by atoms with E-state index in [1.165, 1.54) is 11.0 Å². The fraction of sp³-hybridized carbons (Fsp3) is 0.381. The molecular formula is C42H46ClF3N10O6. The summed E-state index contributed by atoms with van der Waals surface area (Å²) in [5.74, 6) is -4.71. The highest BCUT2D eigenvalue weighted by Gasteiger charge is 2.23. The van der Waals surface area contributed by atoms with Gasteiger partial charge in [0, 0.05) is 43.4 Å². The first-order chi connectivity index (χ1) is 29.1. The standard InChI is InChI=1S/C42H46ClF3N10O6/c1-41(2,3)61-36(57)25-11-8-10-24(16-25)13-15-54-23-48-34(52-54)22-56-38(58)50-37(55(40(56)60)20-26-17-31(45)32(46)19-30(26)44)49-35-27(12-9-14-47-39(59)62-42(4,5)6)28-21-53(7)51-33(28)18-29(35)43/h8,10-11,16-19,21,23H,9,12-15,20,22H2,1-7H3,(H,47,59)(H,49,50,58). The molecule has 0 bridgehead atoms. The van der Waals surface area contributed by atoms with Crippen molar-refractivity contribution < 1.29 is 32.2 Å². The number of rotatable bonds is 14. The molecule has 0 aliphatic carbocycles. The minimum atomic E-state index is -1.43. The summed E-state index contributed by atoms with van der Waals surface area (Å²) in [6.07, 6.45) is 3.69. The van der Waals surface area contributed by atoms with Crippen LogP contribution in [0.15, 0.2) is 64.6 Å². The number of carbonyl (C=O) groups excluding carboxylic acids is 2. The van der Waals surface area contributed by atoms with Gasteiger partial charge in [-0.1, -0.05) is 23.7 Å². The summed E-state index contributed by atoms with van der Waals surface area (Å²) in [5, 5.41) is 15.4. The Morgan fingerprint density at radius 3 is 2.32 bits per heavy atom. The van der Waals surface area contributed by atoms with Gasteiger partial charge in [0.15, 0.2) is 17.5 Å². The molecule has 62 heavy (non-hydrogen) atoms.